The Labute approximate surface area is 114 Å². The molecule has 0 spiro atoms. The maximum atomic E-state index is 13.3. The van der Waals surface area contributed by atoms with E-state index in [1.165, 1.54) is 25.1 Å². The van der Waals surface area contributed by atoms with E-state index in [4.69, 9.17) is 5.26 Å². The lowest BCUT2D eigenvalue weighted by molar-refractivity contribution is 0.339. The fourth-order valence-corrected chi connectivity index (χ4v) is 2.60. The van der Waals surface area contributed by atoms with Crippen LogP contribution in [-0.4, -0.2) is 31.1 Å². The Balaban J connectivity index is 1.80. The summed E-state index contributed by atoms with van der Waals surface area (Å²) in [6, 6.07) is 6.47. The van der Waals surface area contributed by atoms with Gasteiger partial charge in [0.25, 0.3) is 0 Å². The highest BCUT2D eigenvalue weighted by Gasteiger charge is 2.20. The second-order valence-electron chi connectivity index (χ2n) is 5.14. The summed E-state index contributed by atoms with van der Waals surface area (Å²) in [5.74, 6) is 0.345. The van der Waals surface area contributed by atoms with E-state index in [1.54, 1.807) is 6.07 Å². The van der Waals surface area contributed by atoms with Crippen LogP contribution in [0, 0.1) is 23.1 Å². The van der Waals surface area contributed by atoms with E-state index in [-0.39, 0.29) is 5.82 Å². The average Bonchev–Trinajstić information content (AvgIpc) is 2.86. The topological polar surface area (TPSA) is 39.1 Å². The van der Waals surface area contributed by atoms with E-state index in [0.29, 0.717) is 18.0 Å². The number of likely N-dealkylation sites (tertiary alicyclic amines) is 1. The summed E-state index contributed by atoms with van der Waals surface area (Å²) >= 11 is 0. The summed E-state index contributed by atoms with van der Waals surface area (Å²) < 4.78 is 13.3. The highest BCUT2D eigenvalue weighted by Crippen LogP contribution is 2.15. The Morgan fingerprint density at radius 3 is 3.00 bits per heavy atom. The van der Waals surface area contributed by atoms with Crippen LogP contribution in [0.15, 0.2) is 18.2 Å². The highest BCUT2D eigenvalue weighted by molar-refractivity contribution is 5.33. The Morgan fingerprint density at radius 2 is 2.32 bits per heavy atom. The van der Waals surface area contributed by atoms with Crippen molar-refractivity contribution >= 4 is 0 Å². The quantitative estimate of drug-likeness (QED) is 0.882. The summed E-state index contributed by atoms with van der Waals surface area (Å²) in [5.41, 5.74) is 1.22. The van der Waals surface area contributed by atoms with Gasteiger partial charge in [0, 0.05) is 13.1 Å². The molecule has 0 radical (unpaired) electrons. The monoisotopic (exact) mass is 261 g/mol. The standard InChI is InChI=1S/C15H20FN3/c1-2-19-4-3-12(11-19)9-18-10-14-5-13(8-17)6-15(16)7-14/h5-7,12,18H,2-4,9-11H2,1H3. The first-order valence-electron chi connectivity index (χ1n) is 6.84. The fourth-order valence-electron chi connectivity index (χ4n) is 2.60. The van der Waals surface area contributed by atoms with Gasteiger partial charge in [-0.2, -0.15) is 5.26 Å². The normalized spacial score (nSPS) is 19.5. The van der Waals surface area contributed by atoms with Crippen molar-refractivity contribution in [2.24, 2.45) is 5.92 Å². The first kappa shape index (κ1) is 14.0. The van der Waals surface area contributed by atoms with Crippen molar-refractivity contribution in [2.75, 3.05) is 26.2 Å². The lowest BCUT2D eigenvalue weighted by Gasteiger charge is -2.13. The molecule has 4 heteroatoms. The van der Waals surface area contributed by atoms with Crippen molar-refractivity contribution in [3.8, 4) is 6.07 Å². The molecule has 1 N–H and O–H groups in total. The van der Waals surface area contributed by atoms with Crippen LogP contribution in [0.3, 0.4) is 0 Å². The van der Waals surface area contributed by atoms with Gasteiger partial charge in [-0.25, -0.2) is 4.39 Å². The Hall–Kier alpha value is -1.44. The third-order valence-corrected chi connectivity index (χ3v) is 3.67. The van der Waals surface area contributed by atoms with Gasteiger partial charge in [-0.15, -0.1) is 0 Å². The molecule has 1 fully saturated rings. The largest absolute Gasteiger partial charge is 0.312 e. The number of nitrogens with one attached hydrogen (secondary N) is 1. The second kappa shape index (κ2) is 6.65. The molecule has 0 aromatic heterocycles. The van der Waals surface area contributed by atoms with Crippen LogP contribution in [0.5, 0.6) is 0 Å². The number of benzene rings is 1. The zero-order chi connectivity index (χ0) is 13.7. The fraction of sp³-hybridized carbons (Fsp3) is 0.533. The van der Waals surface area contributed by atoms with E-state index in [0.717, 1.165) is 25.2 Å². The van der Waals surface area contributed by atoms with Crippen LogP contribution in [0.25, 0.3) is 0 Å². The molecular formula is C15H20FN3. The first-order valence-corrected chi connectivity index (χ1v) is 6.84. The zero-order valence-electron chi connectivity index (χ0n) is 11.3. The minimum Gasteiger partial charge on any atom is -0.312 e. The number of hydrogen-bond donors (Lipinski definition) is 1. The van der Waals surface area contributed by atoms with Crippen molar-refractivity contribution in [1.29, 1.82) is 5.26 Å². The molecule has 102 valence electrons. The maximum Gasteiger partial charge on any atom is 0.124 e. The van der Waals surface area contributed by atoms with Gasteiger partial charge in [-0.05, 0) is 55.7 Å². The van der Waals surface area contributed by atoms with Gasteiger partial charge >= 0.3 is 0 Å². The minimum absolute atomic E-state index is 0.339. The summed E-state index contributed by atoms with van der Waals surface area (Å²) in [5, 5.41) is 12.2. The van der Waals surface area contributed by atoms with Gasteiger partial charge in [0.2, 0.25) is 0 Å². The lowest BCUT2D eigenvalue weighted by Crippen LogP contribution is -2.26. The van der Waals surface area contributed by atoms with Crippen LogP contribution in [-0.2, 0) is 6.54 Å². The van der Waals surface area contributed by atoms with E-state index >= 15 is 0 Å². The molecule has 0 amide bonds. The minimum atomic E-state index is -0.339. The molecule has 19 heavy (non-hydrogen) atoms. The summed E-state index contributed by atoms with van der Waals surface area (Å²) in [7, 11) is 0. The van der Waals surface area contributed by atoms with Crippen molar-refractivity contribution in [3.63, 3.8) is 0 Å². The van der Waals surface area contributed by atoms with Gasteiger partial charge in [0.1, 0.15) is 5.82 Å². The number of rotatable bonds is 5. The SMILES string of the molecule is CCN1CCC(CNCc2cc(F)cc(C#N)c2)C1. The Morgan fingerprint density at radius 1 is 1.47 bits per heavy atom. The maximum absolute atomic E-state index is 13.3. The third kappa shape index (κ3) is 4.02. The zero-order valence-corrected chi connectivity index (χ0v) is 11.3. The van der Waals surface area contributed by atoms with Crippen LogP contribution >= 0.6 is 0 Å². The van der Waals surface area contributed by atoms with Crippen LogP contribution in [0.4, 0.5) is 4.39 Å². The molecule has 1 aromatic rings. The number of nitrogens with zero attached hydrogens (tertiary/aromatic N) is 2. The molecule has 0 bridgehead atoms. The Bertz CT molecular complexity index is 467. The van der Waals surface area contributed by atoms with E-state index in [2.05, 4.69) is 17.1 Å². The van der Waals surface area contributed by atoms with Crippen molar-refractivity contribution in [1.82, 2.24) is 10.2 Å². The molecule has 1 aliphatic rings. The van der Waals surface area contributed by atoms with Crippen LogP contribution < -0.4 is 5.32 Å². The predicted molar refractivity (Wildman–Crippen MR) is 73.0 cm³/mol. The molecule has 1 atom stereocenters. The van der Waals surface area contributed by atoms with Crippen LogP contribution in [0.2, 0.25) is 0 Å². The van der Waals surface area contributed by atoms with Gasteiger partial charge in [0.15, 0.2) is 0 Å². The molecular weight excluding hydrogens is 241 g/mol. The molecule has 0 aliphatic carbocycles. The number of nitriles is 1. The van der Waals surface area contributed by atoms with E-state index in [1.807, 2.05) is 6.07 Å². The molecule has 1 heterocycles. The molecule has 1 aliphatic heterocycles. The molecule has 1 saturated heterocycles. The van der Waals surface area contributed by atoms with Gasteiger partial charge in [-0.3, -0.25) is 0 Å². The van der Waals surface area contributed by atoms with E-state index < -0.39 is 0 Å². The first-order chi connectivity index (χ1) is 9.21. The average molecular weight is 261 g/mol. The second-order valence-corrected chi connectivity index (χ2v) is 5.14. The molecule has 1 unspecified atom stereocenters. The van der Waals surface area contributed by atoms with Crippen molar-refractivity contribution < 1.29 is 4.39 Å². The number of halogens is 1. The third-order valence-electron chi connectivity index (χ3n) is 3.67. The lowest BCUT2D eigenvalue weighted by atomic mass is 10.1. The van der Waals surface area contributed by atoms with E-state index in [9.17, 15) is 4.39 Å². The van der Waals surface area contributed by atoms with Crippen LogP contribution in [0.1, 0.15) is 24.5 Å². The van der Waals surface area contributed by atoms with Gasteiger partial charge in [-0.1, -0.05) is 6.92 Å². The molecule has 2 rings (SSSR count). The van der Waals surface area contributed by atoms with Gasteiger partial charge in [0.05, 0.1) is 11.6 Å². The molecule has 3 nitrogen and oxygen atoms in total. The number of hydrogen-bond acceptors (Lipinski definition) is 3. The smallest absolute Gasteiger partial charge is 0.124 e. The summed E-state index contributed by atoms with van der Waals surface area (Å²) in [6.07, 6.45) is 1.23. The van der Waals surface area contributed by atoms with Gasteiger partial charge < -0.3 is 10.2 Å². The van der Waals surface area contributed by atoms with Crippen molar-refractivity contribution in [3.05, 3.63) is 35.1 Å². The summed E-state index contributed by atoms with van der Waals surface area (Å²) in [6.45, 7) is 7.21. The Kier molecular flexibility index (Phi) is 4.89. The molecule has 0 saturated carbocycles. The molecule has 1 aromatic carbocycles. The highest BCUT2D eigenvalue weighted by atomic mass is 19.1. The predicted octanol–water partition coefficient (Wildman–Crippen LogP) is 2.13. The summed E-state index contributed by atoms with van der Waals surface area (Å²) in [4.78, 5) is 2.45. The van der Waals surface area contributed by atoms with Crippen molar-refractivity contribution in [2.45, 2.75) is 19.9 Å².